The minimum Gasteiger partial charge on any atom is -0.443 e. The second-order valence-electron chi connectivity index (χ2n) is 5.18. The van der Waals surface area contributed by atoms with Gasteiger partial charge in [-0.1, -0.05) is 6.07 Å². The maximum atomic E-state index is 12.4. The fourth-order valence-electron chi connectivity index (χ4n) is 2.48. The Morgan fingerprint density at radius 1 is 1.26 bits per heavy atom. The number of rotatable bonds is 3. The monoisotopic (exact) mass is 346 g/mol. The van der Waals surface area contributed by atoms with E-state index in [1.807, 2.05) is 18.2 Å². The standard InChI is InChI=1S/C15H11ClN4O2S/c16-14-4-3-13(22-14)11-5-6-20(17-11)15(21)8-9-1-2-10-12(7-9)19-23-18-10/h1-4,7H,5-6,8H2. The van der Waals surface area contributed by atoms with E-state index < -0.39 is 0 Å². The van der Waals surface area contributed by atoms with Gasteiger partial charge in [-0.25, -0.2) is 5.01 Å². The van der Waals surface area contributed by atoms with E-state index in [0.29, 0.717) is 23.9 Å². The summed E-state index contributed by atoms with van der Waals surface area (Å²) in [4.78, 5) is 12.4. The highest BCUT2D eigenvalue weighted by Gasteiger charge is 2.23. The number of benzene rings is 1. The molecule has 6 nitrogen and oxygen atoms in total. The first-order valence-corrected chi connectivity index (χ1v) is 8.14. The zero-order chi connectivity index (χ0) is 15.8. The number of hydrogen-bond acceptors (Lipinski definition) is 6. The van der Waals surface area contributed by atoms with Crippen LogP contribution in [0.1, 0.15) is 17.7 Å². The summed E-state index contributed by atoms with van der Waals surface area (Å²) >= 11 is 6.94. The van der Waals surface area contributed by atoms with Crippen molar-refractivity contribution in [1.82, 2.24) is 13.8 Å². The molecule has 3 heterocycles. The van der Waals surface area contributed by atoms with Gasteiger partial charge in [-0.3, -0.25) is 4.79 Å². The van der Waals surface area contributed by atoms with Gasteiger partial charge in [0.15, 0.2) is 11.0 Å². The van der Waals surface area contributed by atoms with Crippen molar-refractivity contribution in [3.63, 3.8) is 0 Å². The second kappa shape index (κ2) is 5.75. The van der Waals surface area contributed by atoms with E-state index in [1.54, 1.807) is 12.1 Å². The van der Waals surface area contributed by atoms with Crippen LogP contribution in [0.25, 0.3) is 11.0 Å². The number of hydrogen-bond donors (Lipinski definition) is 0. The number of halogens is 1. The van der Waals surface area contributed by atoms with Gasteiger partial charge in [-0.2, -0.15) is 13.8 Å². The maximum Gasteiger partial charge on any atom is 0.247 e. The molecule has 0 unspecified atom stereocenters. The van der Waals surface area contributed by atoms with Gasteiger partial charge in [0.1, 0.15) is 16.7 Å². The highest BCUT2D eigenvalue weighted by molar-refractivity contribution is 7.00. The summed E-state index contributed by atoms with van der Waals surface area (Å²) in [5.74, 6) is 0.556. The van der Waals surface area contributed by atoms with E-state index in [2.05, 4.69) is 13.8 Å². The molecule has 0 aliphatic carbocycles. The lowest BCUT2D eigenvalue weighted by Crippen LogP contribution is -2.25. The molecule has 1 aliphatic heterocycles. The van der Waals surface area contributed by atoms with Crippen molar-refractivity contribution in [3.8, 4) is 0 Å². The van der Waals surface area contributed by atoms with Gasteiger partial charge in [0.25, 0.3) is 0 Å². The van der Waals surface area contributed by atoms with E-state index in [9.17, 15) is 4.79 Å². The third kappa shape index (κ3) is 2.85. The number of nitrogens with zero attached hydrogens (tertiary/aromatic N) is 4. The van der Waals surface area contributed by atoms with Crippen LogP contribution < -0.4 is 0 Å². The fourth-order valence-corrected chi connectivity index (χ4v) is 3.15. The molecule has 0 saturated carbocycles. The van der Waals surface area contributed by atoms with Gasteiger partial charge in [-0.15, -0.1) is 0 Å². The molecule has 2 aromatic heterocycles. The smallest absolute Gasteiger partial charge is 0.247 e. The molecule has 0 N–H and O–H groups in total. The van der Waals surface area contributed by atoms with Crippen LogP contribution in [-0.4, -0.2) is 31.9 Å². The summed E-state index contributed by atoms with van der Waals surface area (Å²) in [6.07, 6.45) is 0.938. The first-order valence-electron chi connectivity index (χ1n) is 7.04. The van der Waals surface area contributed by atoms with Gasteiger partial charge in [0.2, 0.25) is 5.91 Å². The molecule has 0 spiro atoms. The zero-order valence-electron chi connectivity index (χ0n) is 11.9. The van der Waals surface area contributed by atoms with Crippen LogP contribution in [0.5, 0.6) is 0 Å². The third-order valence-electron chi connectivity index (χ3n) is 3.62. The Morgan fingerprint density at radius 3 is 2.96 bits per heavy atom. The van der Waals surface area contributed by atoms with Crippen molar-refractivity contribution in [2.24, 2.45) is 5.10 Å². The zero-order valence-corrected chi connectivity index (χ0v) is 13.5. The fraction of sp³-hybridized carbons (Fsp3) is 0.200. The highest BCUT2D eigenvalue weighted by Crippen LogP contribution is 2.20. The maximum absolute atomic E-state index is 12.4. The van der Waals surface area contributed by atoms with Crippen molar-refractivity contribution in [1.29, 1.82) is 0 Å². The van der Waals surface area contributed by atoms with E-state index in [4.69, 9.17) is 16.0 Å². The predicted molar refractivity (Wildman–Crippen MR) is 87.7 cm³/mol. The molecule has 1 aromatic carbocycles. The molecule has 1 amide bonds. The molecule has 0 radical (unpaired) electrons. The van der Waals surface area contributed by atoms with Crippen molar-refractivity contribution >= 4 is 46.0 Å². The van der Waals surface area contributed by atoms with Crippen LogP contribution in [0.4, 0.5) is 0 Å². The molecular formula is C15H11ClN4O2S. The van der Waals surface area contributed by atoms with E-state index >= 15 is 0 Å². The Kier molecular flexibility index (Phi) is 3.59. The molecule has 23 heavy (non-hydrogen) atoms. The van der Waals surface area contributed by atoms with Crippen LogP contribution in [0.3, 0.4) is 0 Å². The number of amides is 1. The molecular weight excluding hydrogens is 336 g/mol. The molecule has 0 fully saturated rings. The van der Waals surface area contributed by atoms with Crippen molar-refractivity contribution in [2.75, 3.05) is 6.54 Å². The predicted octanol–water partition coefficient (Wildman–Crippen LogP) is 3.12. The van der Waals surface area contributed by atoms with Crippen LogP contribution in [0.15, 0.2) is 39.9 Å². The van der Waals surface area contributed by atoms with Crippen molar-refractivity contribution in [3.05, 3.63) is 46.9 Å². The molecule has 116 valence electrons. The van der Waals surface area contributed by atoms with Crippen molar-refractivity contribution in [2.45, 2.75) is 12.8 Å². The average Bonchev–Trinajstić information content (AvgIpc) is 3.26. The van der Waals surface area contributed by atoms with Gasteiger partial charge in [0.05, 0.1) is 24.7 Å². The minimum atomic E-state index is -0.0554. The first-order chi connectivity index (χ1) is 11.2. The summed E-state index contributed by atoms with van der Waals surface area (Å²) in [6, 6.07) is 9.10. The lowest BCUT2D eigenvalue weighted by Gasteiger charge is -2.11. The lowest BCUT2D eigenvalue weighted by atomic mass is 10.1. The molecule has 0 bridgehead atoms. The lowest BCUT2D eigenvalue weighted by molar-refractivity contribution is -0.130. The molecule has 4 rings (SSSR count). The third-order valence-corrected chi connectivity index (χ3v) is 4.38. The number of fused-ring (bicyclic) bond motifs is 1. The van der Waals surface area contributed by atoms with Crippen LogP contribution in [0.2, 0.25) is 5.22 Å². The quantitative estimate of drug-likeness (QED) is 0.730. The number of carbonyl (C=O) groups is 1. The topological polar surface area (TPSA) is 71.6 Å². The normalized spacial score (nSPS) is 14.5. The van der Waals surface area contributed by atoms with Crippen LogP contribution >= 0.6 is 23.3 Å². The number of furan rings is 1. The molecule has 1 aliphatic rings. The summed E-state index contributed by atoms with van der Waals surface area (Å²) < 4.78 is 13.7. The minimum absolute atomic E-state index is 0.0554. The second-order valence-corrected chi connectivity index (χ2v) is 6.08. The summed E-state index contributed by atoms with van der Waals surface area (Å²) in [6.45, 7) is 0.549. The molecule has 3 aromatic rings. The molecule has 0 atom stereocenters. The highest BCUT2D eigenvalue weighted by atomic mass is 35.5. The first kappa shape index (κ1) is 14.3. The van der Waals surface area contributed by atoms with Gasteiger partial charge in [-0.05, 0) is 41.4 Å². The largest absolute Gasteiger partial charge is 0.443 e. The van der Waals surface area contributed by atoms with Crippen LogP contribution in [0, 0.1) is 0 Å². The number of carbonyl (C=O) groups excluding carboxylic acids is 1. The summed E-state index contributed by atoms with van der Waals surface area (Å²) in [7, 11) is 0. The molecule has 0 saturated heterocycles. The Labute approximate surface area is 140 Å². The number of aromatic nitrogens is 2. The van der Waals surface area contributed by atoms with Crippen LogP contribution in [-0.2, 0) is 11.2 Å². The van der Waals surface area contributed by atoms with E-state index in [-0.39, 0.29) is 12.3 Å². The van der Waals surface area contributed by atoms with Gasteiger partial charge < -0.3 is 4.42 Å². The number of hydrazone groups is 1. The molecule has 8 heteroatoms. The van der Waals surface area contributed by atoms with Gasteiger partial charge in [0, 0.05) is 6.42 Å². The Hall–Kier alpha value is -2.25. The van der Waals surface area contributed by atoms with Gasteiger partial charge >= 0.3 is 0 Å². The van der Waals surface area contributed by atoms with E-state index in [1.165, 1.54) is 16.7 Å². The summed E-state index contributed by atoms with van der Waals surface area (Å²) in [5.41, 5.74) is 3.31. The average molecular weight is 347 g/mol. The summed E-state index contributed by atoms with van der Waals surface area (Å²) in [5, 5.41) is 6.14. The Bertz CT molecular complexity index is 917. The SMILES string of the molecule is O=C(Cc1ccc2nsnc2c1)N1CCC(c2ccc(Cl)o2)=N1. The Balaban J connectivity index is 1.49. The van der Waals surface area contributed by atoms with E-state index in [0.717, 1.165) is 22.3 Å². The Morgan fingerprint density at radius 2 is 2.13 bits per heavy atom. The van der Waals surface area contributed by atoms with Crippen molar-refractivity contribution < 1.29 is 9.21 Å².